The third-order valence-corrected chi connectivity index (χ3v) is 5.20. The molecule has 1 aromatic heterocycles. The lowest BCUT2D eigenvalue weighted by atomic mass is 10.0. The summed E-state index contributed by atoms with van der Waals surface area (Å²) in [6.45, 7) is 5.79. The quantitative estimate of drug-likeness (QED) is 0.872. The summed E-state index contributed by atoms with van der Waals surface area (Å²) in [5.74, 6) is 0.618. The third kappa shape index (κ3) is 4.02. The van der Waals surface area contributed by atoms with Crippen molar-refractivity contribution in [1.82, 2.24) is 18.8 Å². The van der Waals surface area contributed by atoms with Crippen LogP contribution in [0.1, 0.15) is 26.7 Å². The lowest BCUT2D eigenvalue weighted by Gasteiger charge is -2.30. The van der Waals surface area contributed by atoms with Crippen molar-refractivity contribution in [2.45, 2.75) is 39.3 Å². The highest BCUT2D eigenvalue weighted by Gasteiger charge is 2.27. The Hall–Kier alpha value is -0.920. The van der Waals surface area contributed by atoms with E-state index in [1.54, 1.807) is 15.2 Å². The van der Waals surface area contributed by atoms with Crippen LogP contribution in [0.25, 0.3) is 0 Å². The molecule has 108 valence electrons. The molecule has 1 unspecified atom stereocenters. The molecular weight excluding hydrogens is 264 g/mol. The SMILES string of the molecule is CC1CCN(S(=O)(=O)NC(C)Cn2cccn2)CC1. The summed E-state index contributed by atoms with van der Waals surface area (Å²) in [7, 11) is -3.37. The van der Waals surface area contributed by atoms with Gasteiger partial charge < -0.3 is 0 Å². The molecule has 19 heavy (non-hydrogen) atoms. The molecule has 1 fully saturated rings. The normalized spacial score (nSPS) is 20.5. The Morgan fingerprint density at radius 2 is 2.11 bits per heavy atom. The van der Waals surface area contributed by atoms with Gasteiger partial charge in [0.25, 0.3) is 10.2 Å². The van der Waals surface area contributed by atoms with E-state index in [-0.39, 0.29) is 6.04 Å². The van der Waals surface area contributed by atoms with Crippen molar-refractivity contribution in [3.05, 3.63) is 18.5 Å². The third-order valence-electron chi connectivity index (χ3n) is 3.45. The molecule has 2 heterocycles. The van der Waals surface area contributed by atoms with E-state index in [9.17, 15) is 8.42 Å². The summed E-state index contributed by atoms with van der Waals surface area (Å²) in [5.41, 5.74) is 0. The molecule has 2 rings (SSSR count). The fourth-order valence-electron chi connectivity index (χ4n) is 2.28. The van der Waals surface area contributed by atoms with Crippen LogP contribution in [0.4, 0.5) is 0 Å². The first kappa shape index (κ1) is 14.5. The Labute approximate surface area is 115 Å². The van der Waals surface area contributed by atoms with Crippen LogP contribution in [0.2, 0.25) is 0 Å². The number of piperidine rings is 1. The van der Waals surface area contributed by atoms with Crippen molar-refractivity contribution in [3.8, 4) is 0 Å². The van der Waals surface area contributed by atoms with Crippen LogP contribution in [0.5, 0.6) is 0 Å². The average molecular weight is 286 g/mol. The monoisotopic (exact) mass is 286 g/mol. The van der Waals surface area contributed by atoms with Gasteiger partial charge in [0, 0.05) is 31.5 Å². The lowest BCUT2D eigenvalue weighted by Crippen LogP contribution is -2.48. The molecule has 1 aliphatic heterocycles. The Bertz CT molecular complexity index is 478. The Morgan fingerprint density at radius 1 is 1.42 bits per heavy atom. The molecule has 7 heteroatoms. The van der Waals surface area contributed by atoms with Crippen molar-refractivity contribution in [2.24, 2.45) is 5.92 Å². The number of rotatable bonds is 5. The Morgan fingerprint density at radius 3 is 2.68 bits per heavy atom. The minimum absolute atomic E-state index is 0.177. The van der Waals surface area contributed by atoms with E-state index >= 15 is 0 Å². The molecular formula is C12H22N4O2S. The second-order valence-electron chi connectivity index (χ2n) is 5.33. The zero-order valence-electron chi connectivity index (χ0n) is 11.5. The van der Waals surface area contributed by atoms with Crippen LogP contribution in [0.3, 0.4) is 0 Å². The van der Waals surface area contributed by atoms with E-state index in [0.29, 0.717) is 25.6 Å². The molecule has 0 aliphatic carbocycles. The van der Waals surface area contributed by atoms with Crippen molar-refractivity contribution in [1.29, 1.82) is 0 Å². The van der Waals surface area contributed by atoms with Gasteiger partial charge in [0.15, 0.2) is 0 Å². The van der Waals surface area contributed by atoms with Crippen molar-refractivity contribution in [3.63, 3.8) is 0 Å². The van der Waals surface area contributed by atoms with Gasteiger partial charge in [-0.3, -0.25) is 4.68 Å². The van der Waals surface area contributed by atoms with Crippen molar-refractivity contribution >= 4 is 10.2 Å². The summed E-state index contributed by atoms with van der Waals surface area (Å²) in [6.07, 6.45) is 5.39. The Kier molecular flexibility index (Phi) is 4.59. The van der Waals surface area contributed by atoms with Gasteiger partial charge in [0.05, 0.1) is 6.54 Å². The largest absolute Gasteiger partial charge is 0.279 e. The maximum Gasteiger partial charge on any atom is 0.279 e. The predicted octanol–water partition coefficient (Wildman–Crippen LogP) is 0.838. The maximum absolute atomic E-state index is 12.2. The minimum Gasteiger partial charge on any atom is -0.271 e. The highest BCUT2D eigenvalue weighted by atomic mass is 32.2. The number of hydrogen-bond donors (Lipinski definition) is 1. The van der Waals surface area contributed by atoms with Crippen LogP contribution in [-0.2, 0) is 16.8 Å². The Balaban J connectivity index is 1.89. The fourth-order valence-corrected chi connectivity index (χ4v) is 3.70. The van der Waals surface area contributed by atoms with Gasteiger partial charge in [-0.25, -0.2) is 0 Å². The molecule has 0 amide bonds. The number of hydrogen-bond acceptors (Lipinski definition) is 3. The smallest absolute Gasteiger partial charge is 0.271 e. The second-order valence-corrected chi connectivity index (χ2v) is 7.04. The molecule has 0 radical (unpaired) electrons. The topological polar surface area (TPSA) is 67.2 Å². The van der Waals surface area contributed by atoms with Gasteiger partial charge in [-0.1, -0.05) is 6.92 Å². The van der Waals surface area contributed by atoms with Gasteiger partial charge >= 0.3 is 0 Å². The zero-order chi connectivity index (χ0) is 13.9. The fraction of sp³-hybridized carbons (Fsp3) is 0.750. The van der Waals surface area contributed by atoms with Crippen LogP contribution in [-0.4, -0.2) is 41.6 Å². The minimum atomic E-state index is -3.37. The summed E-state index contributed by atoms with van der Waals surface area (Å²) >= 11 is 0. The van der Waals surface area contributed by atoms with Crippen LogP contribution >= 0.6 is 0 Å². The van der Waals surface area contributed by atoms with E-state index in [4.69, 9.17) is 0 Å². The molecule has 0 aromatic carbocycles. The van der Waals surface area contributed by atoms with E-state index in [2.05, 4.69) is 16.7 Å². The van der Waals surface area contributed by atoms with Crippen molar-refractivity contribution in [2.75, 3.05) is 13.1 Å². The van der Waals surface area contributed by atoms with E-state index in [0.717, 1.165) is 12.8 Å². The van der Waals surface area contributed by atoms with Crippen LogP contribution < -0.4 is 4.72 Å². The first-order valence-corrected chi connectivity index (χ1v) is 8.16. The van der Waals surface area contributed by atoms with Gasteiger partial charge in [-0.15, -0.1) is 0 Å². The number of aromatic nitrogens is 2. The van der Waals surface area contributed by atoms with Crippen molar-refractivity contribution < 1.29 is 8.42 Å². The second kappa shape index (κ2) is 6.02. The number of nitrogens with one attached hydrogen (secondary N) is 1. The molecule has 1 N–H and O–H groups in total. The molecule has 0 bridgehead atoms. The maximum atomic E-state index is 12.2. The summed E-state index contributed by atoms with van der Waals surface area (Å²) in [4.78, 5) is 0. The van der Waals surface area contributed by atoms with E-state index in [1.165, 1.54) is 0 Å². The van der Waals surface area contributed by atoms with Gasteiger partial charge in [0.2, 0.25) is 0 Å². The molecule has 1 atom stereocenters. The summed E-state index contributed by atoms with van der Waals surface area (Å²) < 4.78 is 30.4. The zero-order valence-corrected chi connectivity index (χ0v) is 12.3. The lowest BCUT2D eigenvalue weighted by molar-refractivity contribution is 0.283. The van der Waals surface area contributed by atoms with E-state index in [1.807, 2.05) is 19.2 Å². The number of nitrogens with zero attached hydrogens (tertiary/aromatic N) is 3. The summed E-state index contributed by atoms with van der Waals surface area (Å²) in [5, 5.41) is 4.08. The van der Waals surface area contributed by atoms with Crippen LogP contribution in [0.15, 0.2) is 18.5 Å². The molecule has 0 saturated carbocycles. The van der Waals surface area contributed by atoms with Crippen LogP contribution in [0, 0.1) is 5.92 Å². The average Bonchev–Trinajstić information content (AvgIpc) is 2.81. The standard InChI is InChI=1S/C12H22N4O2S/c1-11-4-8-16(9-5-11)19(17,18)14-12(2)10-15-7-3-6-13-15/h3,6-7,11-12,14H,4-5,8-10H2,1-2H3. The molecule has 1 aliphatic rings. The summed E-state index contributed by atoms with van der Waals surface area (Å²) in [6, 6.07) is 1.65. The van der Waals surface area contributed by atoms with Gasteiger partial charge in [-0.05, 0) is 31.7 Å². The molecule has 0 spiro atoms. The van der Waals surface area contributed by atoms with Gasteiger partial charge in [-0.2, -0.15) is 22.5 Å². The highest BCUT2D eigenvalue weighted by Crippen LogP contribution is 2.18. The molecule has 1 saturated heterocycles. The molecule has 1 aromatic rings. The first-order chi connectivity index (χ1) is 8.97. The van der Waals surface area contributed by atoms with E-state index < -0.39 is 10.2 Å². The first-order valence-electron chi connectivity index (χ1n) is 6.72. The highest BCUT2D eigenvalue weighted by molar-refractivity contribution is 7.87. The predicted molar refractivity (Wildman–Crippen MR) is 73.7 cm³/mol. The van der Waals surface area contributed by atoms with Gasteiger partial charge in [0.1, 0.15) is 0 Å². The molecule has 6 nitrogen and oxygen atoms in total.